The van der Waals surface area contributed by atoms with Gasteiger partial charge in [0.25, 0.3) is 0 Å². The second kappa shape index (κ2) is 6.44. The minimum atomic E-state index is -0.938. The van der Waals surface area contributed by atoms with Crippen molar-refractivity contribution in [3.63, 3.8) is 0 Å². The highest BCUT2D eigenvalue weighted by atomic mass is 32.1. The first-order chi connectivity index (χ1) is 12.1. The maximum Gasteiger partial charge on any atom is 0.337 e. The van der Waals surface area contributed by atoms with Crippen LogP contribution in [-0.4, -0.2) is 34.1 Å². The number of hydrogen-bond donors (Lipinski definition) is 1. The predicted molar refractivity (Wildman–Crippen MR) is 100 cm³/mol. The zero-order valence-corrected chi connectivity index (χ0v) is 14.8. The van der Waals surface area contributed by atoms with Gasteiger partial charge in [0, 0.05) is 18.7 Å². The van der Waals surface area contributed by atoms with Crippen molar-refractivity contribution in [2.75, 3.05) is 18.0 Å². The molecule has 25 heavy (non-hydrogen) atoms. The highest BCUT2D eigenvalue weighted by Gasteiger charge is 2.22. The molecule has 128 valence electrons. The number of piperidine rings is 1. The molecule has 1 aliphatic rings. The van der Waals surface area contributed by atoms with Gasteiger partial charge < -0.3 is 10.0 Å². The van der Waals surface area contributed by atoms with E-state index in [9.17, 15) is 9.90 Å². The van der Waals surface area contributed by atoms with E-state index in [-0.39, 0.29) is 5.56 Å². The molecule has 1 saturated heterocycles. The maximum absolute atomic E-state index is 11.8. The van der Waals surface area contributed by atoms with Crippen molar-refractivity contribution in [2.45, 2.75) is 19.8 Å². The summed E-state index contributed by atoms with van der Waals surface area (Å²) in [5.41, 5.74) is 2.35. The van der Waals surface area contributed by atoms with Gasteiger partial charge in [-0.05, 0) is 24.8 Å². The third-order valence-electron chi connectivity index (χ3n) is 4.70. The van der Waals surface area contributed by atoms with Gasteiger partial charge in [0.1, 0.15) is 0 Å². The molecule has 0 amide bonds. The molecular weight excluding hydrogens is 334 g/mol. The summed E-state index contributed by atoms with van der Waals surface area (Å²) < 4.78 is 0.654. The van der Waals surface area contributed by atoms with Crippen LogP contribution >= 0.6 is 11.3 Å². The normalized spacial score (nSPS) is 15.6. The molecule has 1 fully saturated rings. The number of benzene rings is 1. The Morgan fingerprint density at radius 2 is 1.92 bits per heavy atom. The van der Waals surface area contributed by atoms with E-state index in [1.165, 1.54) is 11.3 Å². The number of thiazole rings is 1. The van der Waals surface area contributed by atoms with Crippen LogP contribution in [0.25, 0.3) is 21.6 Å². The van der Waals surface area contributed by atoms with Gasteiger partial charge in [0.2, 0.25) is 0 Å². The Labute approximate surface area is 150 Å². The molecule has 0 saturated carbocycles. The summed E-state index contributed by atoms with van der Waals surface area (Å²) in [4.78, 5) is 23.3. The molecule has 0 unspecified atom stereocenters. The second-order valence-electron chi connectivity index (χ2n) is 6.54. The van der Waals surface area contributed by atoms with Crippen molar-refractivity contribution in [3.8, 4) is 11.3 Å². The number of carboxylic acids is 1. The zero-order valence-electron chi connectivity index (χ0n) is 14.0. The van der Waals surface area contributed by atoms with Crippen LogP contribution < -0.4 is 4.90 Å². The van der Waals surface area contributed by atoms with Crippen molar-refractivity contribution >= 4 is 32.8 Å². The van der Waals surface area contributed by atoms with Gasteiger partial charge >= 0.3 is 5.97 Å². The number of anilines is 1. The Morgan fingerprint density at radius 3 is 2.60 bits per heavy atom. The van der Waals surface area contributed by atoms with E-state index >= 15 is 0 Å². The molecule has 1 aliphatic heterocycles. The number of fused-ring (bicyclic) bond motifs is 1. The van der Waals surface area contributed by atoms with E-state index in [1.807, 2.05) is 30.3 Å². The molecule has 3 heterocycles. The summed E-state index contributed by atoms with van der Waals surface area (Å²) in [5, 5.41) is 10.5. The lowest BCUT2D eigenvalue weighted by Gasteiger charge is -2.29. The molecule has 1 aromatic carbocycles. The number of pyridine rings is 1. The molecule has 3 aromatic rings. The molecule has 0 aliphatic carbocycles. The average Bonchev–Trinajstić information content (AvgIpc) is 3.06. The van der Waals surface area contributed by atoms with Gasteiger partial charge in [-0.3, -0.25) is 0 Å². The standard InChI is InChI=1S/C19H19N3O2S/c1-12-7-9-22(10-8-12)19-21-17-16(25-19)14(18(23)24)11-15(20-17)13-5-3-2-4-6-13/h2-6,11-12H,7-10H2,1H3,(H,23,24). The lowest BCUT2D eigenvalue weighted by molar-refractivity contribution is 0.0699. The van der Waals surface area contributed by atoms with E-state index < -0.39 is 5.97 Å². The first-order valence-corrected chi connectivity index (χ1v) is 9.28. The second-order valence-corrected chi connectivity index (χ2v) is 7.52. The van der Waals surface area contributed by atoms with Crippen LogP contribution in [0.4, 0.5) is 5.13 Å². The molecule has 0 spiro atoms. The van der Waals surface area contributed by atoms with Gasteiger partial charge in [-0.25, -0.2) is 9.78 Å². The lowest BCUT2D eigenvalue weighted by Crippen LogP contribution is -2.32. The van der Waals surface area contributed by atoms with Crippen LogP contribution in [-0.2, 0) is 0 Å². The third-order valence-corrected chi connectivity index (χ3v) is 5.84. The molecule has 6 heteroatoms. The smallest absolute Gasteiger partial charge is 0.337 e. The van der Waals surface area contributed by atoms with E-state index in [0.717, 1.165) is 42.5 Å². The average molecular weight is 353 g/mol. The Morgan fingerprint density at radius 1 is 1.20 bits per heavy atom. The topological polar surface area (TPSA) is 66.3 Å². The minimum absolute atomic E-state index is 0.276. The monoisotopic (exact) mass is 353 g/mol. The van der Waals surface area contributed by atoms with Crippen molar-refractivity contribution in [2.24, 2.45) is 5.92 Å². The molecule has 0 radical (unpaired) electrons. The maximum atomic E-state index is 11.8. The Balaban J connectivity index is 1.80. The summed E-state index contributed by atoms with van der Waals surface area (Å²) in [6.07, 6.45) is 2.29. The van der Waals surface area contributed by atoms with E-state index in [0.29, 0.717) is 16.0 Å². The van der Waals surface area contributed by atoms with Crippen LogP contribution in [0, 0.1) is 5.92 Å². The molecule has 0 bridgehead atoms. The van der Waals surface area contributed by atoms with Crippen molar-refractivity contribution in [3.05, 3.63) is 42.0 Å². The van der Waals surface area contributed by atoms with Gasteiger partial charge in [0.15, 0.2) is 10.8 Å². The fourth-order valence-electron chi connectivity index (χ4n) is 3.15. The van der Waals surface area contributed by atoms with Crippen LogP contribution in [0.1, 0.15) is 30.1 Å². The summed E-state index contributed by atoms with van der Waals surface area (Å²) >= 11 is 1.44. The molecule has 1 N–H and O–H groups in total. The highest BCUT2D eigenvalue weighted by Crippen LogP contribution is 2.34. The Bertz CT molecular complexity index is 915. The number of aromatic nitrogens is 2. The number of carboxylic acid groups (broad SMARTS) is 1. The van der Waals surface area contributed by atoms with Gasteiger partial charge in [-0.1, -0.05) is 48.6 Å². The number of rotatable bonds is 3. The summed E-state index contributed by atoms with van der Waals surface area (Å²) in [7, 11) is 0. The fraction of sp³-hybridized carbons (Fsp3) is 0.316. The third kappa shape index (κ3) is 3.09. The quantitative estimate of drug-likeness (QED) is 0.761. The van der Waals surface area contributed by atoms with Crippen LogP contribution in [0.3, 0.4) is 0 Å². The minimum Gasteiger partial charge on any atom is -0.478 e. The first kappa shape index (κ1) is 16.0. The molecular formula is C19H19N3O2S. The molecule has 2 aromatic heterocycles. The summed E-state index contributed by atoms with van der Waals surface area (Å²) in [5.74, 6) is -0.199. The van der Waals surface area contributed by atoms with Crippen LogP contribution in [0.2, 0.25) is 0 Å². The van der Waals surface area contributed by atoms with Crippen molar-refractivity contribution in [1.29, 1.82) is 0 Å². The van der Waals surface area contributed by atoms with Gasteiger partial charge in [-0.2, -0.15) is 4.98 Å². The Hall–Kier alpha value is -2.47. The van der Waals surface area contributed by atoms with E-state index in [4.69, 9.17) is 0 Å². The summed E-state index contributed by atoms with van der Waals surface area (Å²) in [6, 6.07) is 11.3. The SMILES string of the molecule is CC1CCN(c2nc3nc(-c4ccccc4)cc(C(=O)O)c3s2)CC1. The Kier molecular flexibility index (Phi) is 4.13. The van der Waals surface area contributed by atoms with Gasteiger partial charge in [0.05, 0.1) is 16.0 Å². The van der Waals surface area contributed by atoms with Crippen molar-refractivity contribution < 1.29 is 9.90 Å². The van der Waals surface area contributed by atoms with E-state index in [1.54, 1.807) is 6.07 Å². The number of carbonyl (C=O) groups is 1. The summed E-state index contributed by atoms with van der Waals surface area (Å²) in [6.45, 7) is 4.20. The lowest BCUT2D eigenvalue weighted by atomic mass is 10.00. The van der Waals surface area contributed by atoms with Crippen LogP contribution in [0.5, 0.6) is 0 Å². The highest BCUT2D eigenvalue weighted by molar-refractivity contribution is 7.22. The fourth-order valence-corrected chi connectivity index (χ4v) is 4.22. The zero-order chi connectivity index (χ0) is 17.4. The number of aromatic carboxylic acids is 1. The van der Waals surface area contributed by atoms with Gasteiger partial charge in [-0.15, -0.1) is 0 Å². The van der Waals surface area contributed by atoms with Crippen molar-refractivity contribution in [1.82, 2.24) is 9.97 Å². The largest absolute Gasteiger partial charge is 0.478 e. The molecule has 5 nitrogen and oxygen atoms in total. The number of nitrogens with zero attached hydrogens (tertiary/aromatic N) is 3. The van der Waals surface area contributed by atoms with E-state index in [2.05, 4.69) is 21.8 Å². The molecule has 4 rings (SSSR count). The molecule has 0 atom stereocenters. The first-order valence-electron chi connectivity index (χ1n) is 8.47. The predicted octanol–water partition coefficient (Wildman–Crippen LogP) is 4.29. The van der Waals surface area contributed by atoms with Crippen LogP contribution in [0.15, 0.2) is 36.4 Å². The number of hydrogen-bond acceptors (Lipinski definition) is 5.